The minimum absolute atomic E-state index is 0.995. The van der Waals surface area contributed by atoms with Gasteiger partial charge >= 0.3 is 0 Å². The van der Waals surface area contributed by atoms with Crippen molar-refractivity contribution in [3.8, 4) is 0 Å². The Kier molecular flexibility index (Phi) is 9.59. The molecule has 0 aliphatic heterocycles. The van der Waals surface area contributed by atoms with Gasteiger partial charge in [0.25, 0.3) is 0 Å². The molecule has 1 rings (SSSR count). The summed E-state index contributed by atoms with van der Waals surface area (Å²) in [5.41, 5.74) is 0. The van der Waals surface area contributed by atoms with E-state index < -0.39 is 0 Å². The molecule has 0 aromatic carbocycles. The normalized spacial score (nSPS) is 17.5. The van der Waals surface area contributed by atoms with E-state index >= 15 is 0 Å². The molecule has 1 saturated carbocycles. The van der Waals surface area contributed by atoms with Gasteiger partial charge in [-0.3, -0.25) is 0 Å². The van der Waals surface area contributed by atoms with Crippen LogP contribution in [0.3, 0.4) is 0 Å². The van der Waals surface area contributed by atoms with Crippen molar-refractivity contribution in [3.63, 3.8) is 0 Å². The maximum absolute atomic E-state index is 3.48. The van der Waals surface area contributed by atoms with Crippen molar-refractivity contribution in [3.05, 3.63) is 0 Å². The lowest BCUT2D eigenvalue weighted by molar-refractivity contribution is 0.230. The molecule has 0 aromatic rings. The fourth-order valence-electron chi connectivity index (χ4n) is 3.01. The molecule has 2 nitrogen and oxygen atoms in total. The van der Waals surface area contributed by atoms with E-state index in [0.717, 1.165) is 5.92 Å². The van der Waals surface area contributed by atoms with Crippen molar-refractivity contribution in [1.82, 2.24) is 10.2 Å². The summed E-state index contributed by atoms with van der Waals surface area (Å²) in [6, 6.07) is 0. The van der Waals surface area contributed by atoms with Crippen molar-refractivity contribution in [2.45, 2.75) is 64.7 Å². The van der Waals surface area contributed by atoms with Gasteiger partial charge in [0.05, 0.1) is 0 Å². The quantitative estimate of drug-likeness (QED) is 0.598. The molecule has 0 aromatic heterocycles. The maximum atomic E-state index is 3.48. The molecule has 0 heterocycles. The summed E-state index contributed by atoms with van der Waals surface area (Å²) in [4.78, 5) is 2.56. The topological polar surface area (TPSA) is 15.3 Å². The summed E-state index contributed by atoms with van der Waals surface area (Å²) in [7, 11) is 2.31. The molecule has 18 heavy (non-hydrogen) atoms. The lowest BCUT2D eigenvalue weighted by Crippen LogP contribution is -2.28. The van der Waals surface area contributed by atoms with Gasteiger partial charge in [0, 0.05) is 6.54 Å². The van der Waals surface area contributed by atoms with Gasteiger partial charge in [0.2, 0.25) is 0 Å². The van der Waals surface area contributed by atoms with Crippen LogP contribution in [0.2, 0.25) is 0 Å². The summed E-state index contributed by atoms with van der Waals surface area (Å²) in [6.07, 6.45) is 12.7. The van der Waals surface area contributed by atoms with Crippen LogP contribution in [0, 0.1) is 5.92 Å². The van der Waals surface area contributed by atoms with E-state index in [9.17, 15) is 0 Å². The first kappa shape index (κ1) is 16.0. The van der Waals surface area contributed by atoms with E-state index in [1.54, 1.807) is 0 Å². The molecule has 2 heteroatoms. The molecule has 0 spiro atoms. The van der Waals surface area contributed by atoms with E-state index in [1.807, 2.05) is 0 Å². The van der Waals surface area contributed by atoms with Crippen molar-refractivity contribution in [2.24, 2.45) is 5.92 Å². The van der Waals surface area contributed by atoms with E-state index in [-0.39, 0.29) is 0 Å². The molecule has 1 N–H and O–H groups in total. The highest BCUT2D eigenvalue weighted by Gasteiger charge is 2.14. The summed E-state index contributed by atoms with van der Waals surface area (Å²) >= 11 is 0. The second kappa shape index (κ2) is 10.8. The Balaban J connectivity index is 1.88. The van der Waals surface area contributed by atoms with Crippen molar-refractivity contribution in [2.75, 3.05) is 33.2 Å². The van der Waals surface area contributed by atoms with Crippen LogP contribution < -0.4 is 5.32 Å². The Morgan fingerprint density at radius 2 is 1.78 bits per heavy atom. The van der Waals surface area contributed by atoms with E-state index in [0.29, 0.717) is 0 Å². The van der Waals surface area contributed by atoms with Crippen LogP contribution >= 0.6 is 0 Å². The predicted molar refractivity (Wildman–Crippen MR) is 81.1 cm³/mol. The Hall–Kier alpha value is -0.0800. The zero-order valence-electron chi connectivity index (χ0n) is 12.7. The van der Waals surface area contributed by atoms with Crippen molar-refractivity contribution >= 4 is 0 Å². The molecule has 1 aliphatic carbocycles. The summed E-state index contributed by atoms with van der Waals surface area (Å²) < 4.78 is 0. The Morgan fingerprint density at radius 3 is 2.50 bits per heavy atom. The molecular formula is C16H34N2. The highest BCUT2D eigenvalue weighted by molar-refractivity contribution is 4.68. The van der Waals surface area contributed by atoms with Crippen LogP contribution in [0.25, 0.3) is 0 Å². The van der Waals surface area contributed by atoms with Gasteiger partial charge in [-0.1, -0.05) is 32.6 Å². The van der Waals surface area contributed by atoms with Crippen LogP contribution in [0.5, 0.6) is 0 Å². The van der Waals surface area contributed by atoms with Gasteiger partial charge in [-0.25, -0.2) is 0 Å². The summed E-state index contributed by atoms with van der Waals surface area (Å²) in [5, 5.41) is 3.48. The molecule has 0 saturated heterocycles. The summed E-state index contributed by atoms with van der Waals surface area (Å²) in [5.74, 6) is 0.995. The van der Waals surface area contributed by atoms with E-state index in [2.05, 4.69) is 24.2 Å². The second-order valence-corrected chi connectivity index (χ2v) is 6.08. The van der Waals surface area contributed by atoms with E-state index in [4.69, 9.17) is 0 Å². The number of rotatable bonds is 10. The zero-order chi connectivity index (χ0) is 13.1. The number of hydrogen-bond acceptors (Lipinski definition) is 2. The largest absolute Gasteiger partial charge is 0.317 e. The minimum Gasteiger partial charge on any atom is -0.317 e. The minimum atomic E-state index is 0.995. The average molecular weight is 254 g/mol. The molecule has 0 bridgehead atoms. The van der Waals surface area contributed by atoms with Crippen LogP contribution in [-0.4, -0.2) is 38.1 Å². The van der Waals surface area contributed by atoms with Gasteiger partial charge in [0.1, 0.15) is 0 Å². The van der Waals surface area contributed by atoms with Gasteiger partial charge in [-0.15, -0.1) is 0 Å². The van der Waals surface area contributed by atoms with Crippen molar-refractivity contribution in [1.29, 1.82) is 0 Å². The number of nitrogens with one attached hydrogen (secondary N) is 1. The molecule has 108 valence electrons. The molecule has 0 unspecified atom stereocenters. The third-order valence-corrected chi connectivity index (χ3v) is 4.11. The Labute approximate surface area is 115 Å². The fourth-order valence-corrected chi connectivity index (χ4v) is 3.01. The SMILES string of the molecule is CCCNCCCCCN(C)CC1CCCCC1. The highest BCUT2D eigenvalue weighted by Crippen LogP contribution is 2.24. The molecule has 1 fully saturated rings. The van der Waals surface area contributed by atoms with Gasteiger partial charge in [0.15, 0.2) is 0 Å². The van der Waals surface area contributed by atoms with Gasteiger partial charge in [-0.05, 0) is 64.7 Å². The predicted octanol–water partition coefficient (Wildman–Crippen LogP) is 3.67. The van der Waals surface area contributed by atoms with Crippen LogP contribution in [0.4, 0.5) is 0 Å². The molecular weight excluding hydrogens is 220 g/mol. The number of nitrogens with zero attached hydrogens (tertiary/aromatic N) is 1. The monoisotopic (exact) mass is 254 g/mol. The number of unbranched alkanes of at least 4 members (excludes halogenated alkanes) is 2. The van der Waals surface area contributed by atoms with Crippen LogP contribution in [0.15, 0.2) is 0 Å². The lowest BCUT2D eigenvalue weighted by atomic mass is 9.89. The lowest BCUT2D eigenvalue weighted by Gasteiger charge is -2.26. The Morgan fingerprint density at radius 1 is 1.00 bits per heavy atom. The number of hydrogen-bond donors (Lipinski definition) is 1. The van der Waals surface area contributed by atoms with Gasteiger partial charge < -0.3 is 10.2 Å². The second-order valence-electron chi connectivity index (χ2n) is 6.08. The fraction of sp³-hybridized carbons (Fsp3) is 1.00. The molecule has 1 aliphatic rings. The van der Waals surface area contributed by atoms with Gasteiger partial charge in [-0.2, -0.15) is 0 Å². The first-order valence-electron chi connectivity index (χ1n) is 8.22. The first-order valence-corrected chi connectivity index (χ1v) is 8.22. The zero-order valence-corrected chi connectivity index (χ0v) is 12.7. The highest BCUT2D eigenvalue weighted by atomic mass is 15.1. The molecule has 0 radical (unpaired) electrons. The molecule has 0 atom stereocenters. The maximum Gasteiger partial charge on any atom is 0.000661 e. The van der Waals surface area contributed by atoms with Crippen LogP contribution in [-0.2, 0) is 0 Å². The van der Waals surface area contributed by atoms with E-state index in [1.165, 1.54) is 84.0 Å². The third kappa shape index (κ3) is 8.10. The standard InChI is InChI=1S/C16H34N2/c1-3-12-17-13-8-5-9-14-18(2)15-16-10-6-4-7-11-16/h16-17H,3-15H2,1-2H3. The summed E-state index contributed by atoms with van der Waals surface area (Å²) in [6.45, 7) is 7.26. The average Bonchev–Trinajstić information content (AvgIpc) is 2.39. The molecule has 0 amide bonds. The third-order valence-electron chi connectivity index (χ3n) is 4.11. The van der Waals surface area contributed by atoms with Crippen LogP contribution in [0.1, 0.15) is 64.7 Å². The van der Waals surface area contributed by atoms with Crippen molar-refractivity contribution < 1.29 is 0 Å². The first-order chi connectivity index (χ1) is 8.83. The smallest absolute Gasteiger partial charge is 0.000661 e. The Bertz CT molecular complexity index is 176.